The van der Waals surface area contributed by atoms with Crippen LogP contribution in [0.3, 0.4) is 0 Å². The van der Waals surface area contributed by atoms with Crippen LogP contribution in [-0.2, 0) is 0 Å². The van der Waals surface area contributed by atoms with E-state index in [0.717, 1.165) is 12.5 Å². The third kappa shape index (κ3) is 2.24. The first-order chi connectivity index (χ1) is 8.81. The largest absolute Gasteiger partial charge is 0.368 e. The fraction of sp³-hybridized carbons (Fsp3) is 0.455. The van der Waals surface area contributed by atoms with E-state index in [-0.39, 0.29) is 5.95 Å². The van der Waals surface area contributed by atoms with Crippen LogP contribution in [-0.4, -0.2) is 31.0 Å². The molecule has 3 rings (SSSR count). The maximum Gasteiger partial charge on any atom is 0.241 e. The molecule has 1 saturated carbocycles. The van der Waals surface area contributed by atoms with Crippen LogP contribution in [0, 0.1) is 5.92 Å². The van der Waals surface area contributed by atoms with Crippen LogP contribution < -0.4 is 11.1 Å². The fourth-order valence-electron chi connectivity index (χ4n) is 1.89. The Bertz CT molecular complexity index is 518. The lowest BCUT2D eigenvalue weighted by molar-refractivity contribution is 0.333. The van der Waals surface area contributed by atoms with Crippen LogP contribution in [0.15, 0.2) is 18.7 Å². The molecule has 7 nitrogen and oxygen atoms in total. The van der Waals surface area contributed by atoms with Gasteiger partial charge < -0.3 is 11.1 Å². The minimum atomic E-state index is 0.213. The monoisotopic (exact) mass is 245 g/mol. The molecule has 18 heavy (non-hydrogen) atoms. The van der Waals surface area contributed by atoms with Gasteiger partial charge in [0, 0.05) is 18.9 Å². The van der Waals surface area contributed by atoms with Gasteiger partial charge in [0.05, 0.1) is 0 Å². The lowest BCUT2D eigenvalue weighted by Gasteiger charge is -2.25. The Hall–Kier alpha value is -2.18. The molecule has 0 amide bonds. The summed E-state index contributed by atoms with van der Waals surface area (Å²) in [7, 11) is 0. The zero-order valence-corrected chi connectivity index (χ0v) is 9.95. The number of aromatic nitrogens is 5. The first kappa shape index (κ1) is 10.9. The van der Waals surface area contributed by atoms with E-state index in [1.165, 1.54) is 19.3 Å². The van der Waals surface area contributed by atoms with Crippen molar-refractivity contribution in [1.82, 2.24) is 24.5 Å². The molecule has 2 aromatic rings. The second-order valence-corrected chi connectivity index (χ2v) is 4.46. The average molecular weight is 245 g/mol. The van der Waals surface area contributed by atoms with E-state index < -0.39 is 0 Å². The van der Waals surface area contributed by atoms with Crippen molar-refractivity contribution in [2.45, 2.75) is 19.3 Å². The molecule has 3 N–H and O–H groups in total. The number of rotatable bonds is 4. The summed E-state index contributed by atoms with van der Waals surface area (Å²) in [5.41, 5.74) is 5.68. The number of nitrogens with two attached hydrogens (primary N) is 1. The quantitative estimate of drug-likeness (QED) is 0.829. The highest BCUT2D eigenvalue weighted by atomic mass is 15.3. The second kappa shape index (κ2) is 4.59. The summed E-state index contributed by atoms with van der Waals surface area (Å²) >= 11 is 0. The van der Waals surface area contributed by atoms with Gasteiger partial charge in [-0.25, -0.2) is 4.98 Å². The van der Waals surface area contributed by atoms with Gasteiger partial charge in [0.1, 0.15) is 6.33 Å². The summed E-state index contributed by atoms with van der Waals surface area (Å²) in [6.45, 7) is 0.896. The Morgan fingerprint density at radius 3 is 2.89 bits per heavy atom. The highest BCUT2D eigenvalue weighted by Gasteiger charge is 2.17. The molecule has 1 aliphatic carbocycles. The zero-order chi connectivity index (χ0) is 12.4. The molecule has 7 heteroatoms. The van der Waals surface area contributed by atoms with E-state index in [4.69, 9.17) is 5.73 Å². The Labute approximate surface area is 104 Å². The number of nitrogen functional groups attached to an aromatic ring is 1. The van der Waals surface area contributed by atoms with E-state index in [1.807, 2.05) is 0 Å². The number of hydrogen-bond donors (Lipinski definition) is 2. The van der Waals surface area contributed by atoms with Gasteiger partial charge in [0.25, 0.3) is 0 Å². The van der Waals surface area contributed by atoms with Crippen LogP contribution in [0.1, 0.15) is 19.3 Å². The summed E-state index contributed by atoms with van der Waals surface area (Å²) < 4.78 is 1.70. The molecule has 0 atom stereocenters. The molecule has 2 heterocycles. The van der Waals surface area contributed by atoms with Crippen LogP contribution >= 0.6 is 0 Å². The molecule has 2 aromatic heterocycles. The maximum atomic E-state index is 5.68. The maximum absolute atomic E-state index is 5.68. The van der Waals surface area contributed by atoms with Gasteiger partial charge in [0.2, 0.25) is 17.8 Å². The van der Waals surface area contributed by atoms with Crippen molar-refractivity contribution in [1.29, 1.82) is 0 Å². The Kier molecular flexibility index (Phi) is 2.79. The van der Waals surface area contributed by atoms with Crippen LogP contribution in [0.4, 0.5) is 11.9 Å². The van der Waals surface area contributed by atoms with Crippen molar-refractivity contribution < 1.29 is 0 Å². The number of nitrogens with zero attached hydrogens (tertiary/aromatic N) is 5. The predicted octanol–water partition coefficient (Wildman–Crippen LogP) is 0.851. The standard InChI is InChI=1S/C11H15N7/c12-9-15-10(14-6-8-2-1-3-8)17-11(16-9)18-5-4-13-7-18/h4-5,7-8H,1-3,6H2,(H3,12,14,15,16,17). The highest BCUT2D eigenvalue weighted by molar-refractivity contribution is 5.35. The highest BCUT2D eigenvalue weighted by Crippen LogP contribution is 2.26. The molecule has 1 aliphatic rings. The van der Waals surface area contributed by atoms with Crippen LogP contribution in [0.5, 0.6) is 0 Å². The van der Waals surface area contributed by atoms with Crippen molar-refractivity contribution in [3.63, 3.8) is 0 Å². The lowest BCUT2D eigenvalue weighted by Crippen LogP contribution is -2.22. The van der Waals surface area contributed by atoms with Crippen molar-refractivity contribution in [2.24, 2.45) is 5.92 Å². The summed E-state index contributed by atoms with van der Waals surface area (Å²) in [5.74, 6) is 1.96. The van der Waals surface area contributed by atoms with Gasteiger partial charge in [-0.1, -0.05) is 6.42 Å². The van der Waals surface area contributed by atoms with E-state index in [0.29, 0.717) is 11.9 Å². The van der Waals surface area contributed by atoms with Gasteiger partial charge >= 0.3 is 0 Å². The third-order valence-corrected chi connectivity index (χ3v) is 3.15. The molecule has 0 aromatic carbocycles. The van der Waals surface area contributed by atoms with Crippen molar-refractivity contribution >= 4 is 11.9 Å². The number of hydrogen-bond acceptors (Lipinski definition) is 6. The van der Waals surface area contributed by atoms with Gasteiger partial charge in [-0.05, 0) is 18.8 Å². The second-order valence-electron chi connectivity index (χ2n) is 4.46. The van der Waals surface area contributed by atoms with E-state index in [2.05, 4.69) is 25.3 Å². The predicted molar refractivity (Wildman–Crippen MR) is 67.2 cm³/mol. The fourth-order valence-corrected chi connectivity index (χ4v) is 1.89. The Morgan fingerprint density at radius 2 is 2.22 bits per heavy atom. The first-order valence-electron chi connectivity index (χ1n) is 6.05. The molecule has 0 radical (unpaired) electrons. The molecule has 1 fully saturated rings. The summed E-state index contributed by atoms with van der Waals surface area (Å²) in [6.07, 6.45) is 8.95. The van der Waals surface area contributed by atoms with Crippen molar-refractivity contribution in [3.8, 4) is 5.95 Å². The molecule has 0 bridgehead atoms. The number of imidazole rings is 1. The minimum absolute atomic E-state index is 0.213. The van der Waals surface area contributed by atoms with Crippen molar-refractivity contribution in [3.05, 3.63) is 18.7 Å². The number of nitrogens with one attached hydrogen (secondary N) is 1. The summed E-state index contributed by atoms with van der Waals surface area (Å²) in [6, 6.07) is 0. The molecule has 0 spiro atoms. The SMILES string of the molecule is Nc1nc(NCC2CCC2)nc(-n2ccnc2)n1. The molecule has 0 unspecified atom stereocenters. The normalized spacial score (nSPS) is 15.3. The van der Waals surface area contributed by atoms with Gasteiger partial charge in [0.15, 0.2) is 0 Å². The molecule has 0 saturated heterocycles. The van der Waals surface area contributed by atoms with Gasteiger partial charge in [-0.15, -0.1) is 0 Å². The molecule has 94 valence electrons. The van der Waals surface area contributed by atoms with E-state index in [9.17, 15) is 0 Å². The molecule has 0 aliphatic heterocycles. The smallest absolute Gasteiger partial charge is 0.241 e. The lowest BCUT2D eigenvalue weighted by atomic mass is 9.85. The third-order valence-electron chi connectivity index (χ3n) is 3.15. The minimum Gasteiger partial charge on any atom is -0.368 e. The number of anilines is 2. The Balaban J connectivity index is 1.77. The van der Waals surface area contributed by atoms with Crippen LogP contribution in [0.25, 0.3) is 5.95 Å². The van der Waals surface area contributed by atoms with Crippen LogP contribution in [0.2, 0.25) is 0 Å². The first-order valence-corrected chi connectivity index (χ1v) is 6.05. The summed E-state index contributed by atoms with van der Waals surface area (Å²) in [5, 5.41) is 3.21. The zero-order valence-electron chi connectivity index (χ0n) is 9.95. The topological polar surface area (TPSA) is 94.5 Å². The molecular weight excluding hydrogens is 230 g/mol. The average Bonchev–Trinajstić information content (AvgIpc) is 2.79. The summed E-state index contributed by atoms with van der Waals surface area (Å²) in [4.78, 5) is 16.4. The Morgan fingerprint density at radius 1 is 1.33 bits per heavy atom. The van der Waals surface area contributed by atoms with E-state index >= 15 is 0 Å². The van der Waals surface area contributed by atoms with Gasteiger partial charge in [-0.2, -0.15) is 15.0 Å². The van der Waals surface area contributed by atoms with Crippen molar-refractivity contribution in [2.75, 3.05) is 17.6 Å². The van der Waals surface area contributed by atoms with E-state index in [1.54, 1.807) is 23.3 Å². The van der Waals surface area contributed by atoms with Gasteiger partial charge in [-0.3, -0.25) is 4.57 Å². The molecular formula is C11H15N7.